The molecule has 13 atom stereocenters. The first-order chi connectivity index (χ1) is 14.7. The second kappa shape index (κ2) is 6.74. The monoisotopic (exact) mass is 428 g/mol. The van der Waals surface area contributed by atoms with Crippen LogP contribution >= 0.6 is 0 Å². The van der Waals surface area contributed by atoms with Crippen molar-refractivity contribution in [1.29, 1.82) is 0 Å². The Bertz CT molecular complexity index is 732. The molecule has 3 unspecified atom stereocenters. The Morgan fingerprint density at radius 2 is 1.68 bits per heavy atom. The first-order valence-corrected chi connectivity index (χ1v) is 13.9. The highest BCUT2D eigenvalue weighted by Gasteiger charge is 2.77. The Kier molecular flexibility index (Phi) is 4.67. The van der Waals surface area contributed by atoms with E-state index in [4.69, 9.17) is 9.47 Å². The fourth-order valence-electron chi connectivity index (χ4n) is 11.1. The molecule has 0 aromatic rings. The summed E-state index contributed by atoms with van der Waals surface area (Å²) < 4.78 is 12.7. The predicted octanol–water partition coefficient (Wildman–Crippen LogP) is 6.97. The average molecular weight is 429 g/mol. The van der Waals surface area contributed by atoms with Crippen LogP contribution in [-0.4, -0.2) is 25.4 Å². The minimum absolute atomic E-state index is 0.519. The van der Waals surface area contributed by atoms with Gasteiger partial charge in [0, 0.05) is 12.5 Å². The fourth-order valence-corrected chi connectivity index (χ4v) is 11.1. The van der Waals surface area contributed by atoms with Crippen molar-refractivity contribution in [2.24, 2.45) is 63.6 Å². The molecule has 6 fully saturated rings. The Hall–Kier alpha value is -0.0800. The van der Waals surface area contributed by atoms with Crippen molar-refractivity contribution in [2.45, 2.75) is 111 Å². The van der Waals surface area contributed by atoms with Crippen molar-refractivity contribution < 1.29 is 9.47 Å². The van der Waals surface area contributed by atoms with Crippen LogP contribution in [0.1, 0.15) is 92.9 Å². The number of rotatable bonds is 5. The number of hydrogen-bond donors (Lipinski definition) is 0. The molecular formula is C29H48O2. The van der Waals surface area contributed by atoms with E-state index >= 15 is 0 Å². The highest BCUT2D eigenvalue weighted by atomic mass is 16.6. The molecule has 0 aromatic carbocycles. The molecule has 0 aromatic heterocycles. The van der Waals surface area contributed by atoms with Crippen LogP contribution in [0.5, 0.6) is 0 Å². The van der Waals surface area contributed by atoms with Gasteiger partial charge in [-0.05, 0) is 110 Å². The number of epoxide rings is 1. The second-order valence-corrected chi connectivity index (χ2v) is 14.0. The molecule has 2 nitrogen and oxygen atoms in total. The summed E-state index contributed by atoms with van der Waals surface area (Å²) in [5.74, 6) is 6.77. The average Bonchev–Trinajstić information content (AvgIpc) is 3.62. The molecule has 0 bridgehead atoms. The first-order valence-electron chi connectivity index (χ1n) is 13.9. The topological polar surface area (TPSA) is 21.8 Å². The van der Waals surface area contributed by atoms with E-state index < -0.39 is 0 Å². The molecule has 0 radical (unpaired) electrons. The molecule has 1 saturated heterocycles. The minimum Gasteiger partial charge on any atom is -0.381 e. The summed E-state index contributed by atoms with van der Waals surface area (Å²) >= 11 is 0. The molecule has 176 valence electrons. The molecular weight excluding hydrogens is 380 g/mol. The lowest BCUT2D eigenvalue weighted by Crippen LogP contribution is -2.57. The zero-order valence-electron chi connectivity index (χ0n) is 21.3. The number of hydrogen-bond acceptors (Lipinski definition) is 2. The molecule has 1 heterocycles. The van der Waals surface area contributed by atoms with Gasteiger partial charge in [0.2, 0.25) is 0 Å². The van der Waals surface area contributed by atoms with Gasteiger partial charge in [-0.25, -0.2) is 0 Å². The Morgan fingerprint density at radius 3 is 2.35 bits per heavy atom. The fraction of sp³-hybridized carbons (Fsp3) is 1.00. The normalized spacial score (nSPS) is 58.8. The van der Waals surface area contributed by atoms with Gasteiger partial charge in [-0.3, -0.25) is 0 Å². The zero-order valence-corrected chi connectivity index (χ0v) is 21.3. The van der Waals surface area contributed by atoms with Gasteiger partial charge in [0.05, 0.1) is 18.3 Å². The van der Waals surface area contributed by atoms with Crippen LogP contribution in [0.3, 0.4) is 0 Å². The quantitative estimate of drug-likeness (QED) is 0.441. The minimum atomic E-state index is 0.519. The van der Waals surface area contributed by atoms with Crippen molar-refractivity contribution in [2.75, 3.05) is 7.11 Å². The first kappa shape index (κ1) is 21.5. The van der Waals surface area contributed by atoms with E-state index in [1.165, 1.54) is 51.4 Å². The van der Waals surface area contributed by atoms with Crippen molar-refractivity contribution in [3.63, 3.8) is 0 Å². The molecule has 0 amide bonds. The number of ether oxygens (including phenoxy) is 2. The maximum Gasteiger partial charge on any atom is 0.0873 e. The Balaban J connectivity index is 1.24. The van der Waals surface area contributed by atoms with Gasteiger partial charge in [0.15, 0.2) is 0 Å². The summed E-state index contributed by atoms with van der Waals surface area (Å²) in [6, 6.07) is 0. The van der Waals surface area contributed by atoms with Crippen LogP contribution in [0.25, 0.3) is 0 Å². The van der Waals surface area contributed by atoms with Gasteiger partial charge in [0.1, 0.15) is 0 Å². The van der Waals surface area contributed by atoms with Crippen LogP contribution in [0.15, 0.2) is 0 Å². The lowest BCUT2D eigenvalue weighted by Gasteiger charge is -2.61. The standard InChI is InChI=1S/C29H48O2/c1-16(2)17(3)25-26(31-25)18(4)21-8-9-22-20-14-24(30-7)29-15-19(29)10-13-28(29,6)23(20)11-12-27(21,22)5/h16-26H,8-15H2,1-7H3/t17-,18+,19+,20+,21-,22+,23+,24-,25?,26?,27-,28-,29?/m1/s1. The number of methoxy groups -OCH3 is 1. The SMILES string of the molecule is CO[C@@H]1C[C@H]2[C@@H]3CC[C@H]([C@H](C)C4OC4[C@H](C)C(C)C)[C@@]3(C)CC[C@@H]2[C@@]2(C)CC[C@H]3CC312. The van der Waals surface area contributed by atoms with Crippen LogP contribution in [0.4, 0.5) is 0 Å². The molecule has 6 aliphatic rings. The van der Waals surface area contributed by atoms with Gasteiger partial charge < -0.3 is 9.47 Å². The lowest BCUT2D eigenvalue weighted by atomic mass is 9.45. The van der Waals surface area contributed by atoms with E-state index in [0.717, 1.165) is 41.4 Å². The molecule has 1 aliphatic heterocycles. The van der Waals surface area contributed by atoms with Gasteiger partial charge in [-0.1, -0.05) is 41.5 Å². The Morgan fingerprint density at radius 1 is 0.903 bits per heavy atom. The van der Waals surface area contributed by atoms with Crippen LogP contribution in [0.2, 0.25) is 0 Å². The van der Waals surface area contributed by atoms with E-state index in [0.29, 0.717) is 40.5 Å². The summed E-state index contributed by atoms with van der Waals surface area (Å²) in [6.45, 7) is 15.1. The lowest BCUT2D eigenvalue weighted by molar-refractivity contribution is -0.161. The summed E-state index contributed by atoms with van der Waals surface area (Å²) in [7, 11) is 2.02. The van der Waals surface area contributed by atoms with Gasteiger partial charge >= 0.3 is 0 Å². The smallest absolute Gasteiger partial charge is 0.0873 e. The van der Waals surface area contributed by atoms with Gasteiger partial charge in [-0.2, -0.15) is 0 Å². The largest absolute Gasteiger partial charge is 0.381 e. The molecule has 5 aliphatic carbocycles. The van der Waals surface area contributed by atoms with Crippen molar-refractivity contribution >= 4 is 0 Å². The molecule has 5 saturated carbocycles. The van der Waals surface area contributed by atoms with Crippen LogP contribution < -0.4 is 0 Å². The van der Waals surface area contributed by atoms with Gasteiger partial charge in [-0.15, -0.1) is 0 Å². The van der Waals surface area contributed by atoms with E-state index in [2.05, 4.69) is 41.5 Å². The third-order valence-electron chi connectivity index (χ3n) is 13.2. The van der Waals surface area contributed by atoms with E-state index in [-0.39, 0.29) is 0 Å². The summed E-state index contributed by atoms with van der Waals surface area (Å²) in [5.41, 5.74) is 1.65. The van der Waals surface area contributed by atoms with Crippen LogP contribution in [0, 0.1) is 63.6 Å². The highest BCUT2D eigenvalue weighted by molar-refractivity contribution is 5.26. The third kappa shape index (κ3) is 2.59. The number of fused-ring (bicyclic) bond motifs is 4. The predicted molar refractivity (Wildman–Crippen MR) is 126 cm³/mol. The maximum atomic E-state index is 6.35. The molecule has 31 heavy (non-hydrogen) atoms. The van der Waals surface area contributed by atoms with Crippen LogP contribution in [-0.2, 0) is 9.47 Å². The van der Waals surface area contributed by atoms with Gasteiger partial charge in [0.25, 0.3) is 0 Å². The van der Waals surface area contributed by atoms with E-state index in [1.54, 1.807) is 0 Å². The summed E-state index contributed by atoms with van der Waals surface area (Å²) in [4.78, 5) is 0. The second-order valence-electron chi connectivity index (χ2n) is 14.0. The third-order valence-corrected chi connectivity index (χ3v) is 13.2. The Labute approximate surface area is 191 Å². The maximum absolute atomic E-state index is 6.35. The van der Waals surface area contributed by atoms with Crippen molar-refractivity contribution in [3.8, 4) is 0 Å². The summed E-state index contributed by atoms with van der Waals surface area (Å²) in [6.07, 6.45) is 13.2. The molecule has 6 rings (SSSR count). The van der Waals surface area contributed by atoms with E-state index in [1.807, 2.05) is 7.11 Å². The molecule has 1 spiro atoms. The molecule has 0 N–H and O–H groups in total. The summed E-state index contributed by atoms with van der Waals surface area (Å²) in [5, 5.41) is 0. The highest BCUT2D eigenvalue weighted by Crippen LogP contribution is 2.82. The van der Waals surface area contributed by atoms with E-state index in [9.17, 15) is 0 Å². The zero-order chi connectivity index (χ0) is 21.9. The molecule has 2 heteroatoms. The van der Waals surface area contributed by atoms with Crippen molar-refractivity contribution in [3.05, 3.63) is 0 Å². The van der Waals surface area contributed by atoms with Crippen molar-refractivity contribution in [1.82, 2.24) is 0 Å².